The van der Waals surface area contributed by atoms with Crippen LogP contribution in [0.5, 0.6) is 0 Å². The van der Waals surface area contributed by atoms with Gasteiger partial charge >= 0.3 is 5.97 Å². The van der Waals surface area contributed by atoms with E-state index in [2.05, 4.69) is 5.32 Å². The summed E-state index contributed by atoms with van der Waals surface area (Å²) in [4.78, 5) is 49.3. The Morgan fingerprint density at radius 1 is 0.964 bits per heavy atom. The third-order valence-corrected chi connectivity index (χ3v) is 4.91. The molecule has 0 saturated carbocycles. The first kappa shape index (κ1) is 17.9. The highest BCUT2D eigenvalue weighted by Gasteiger charge is 2.36. The van der Waals surface area contributed by atoms with E-state index in [4.69, 9.17) is 4.74 Å². The predicted octanol–water partition coefficient (Wildman–Crippen LogP) is 1.95. The number of rotatable bonds is 5. The highest BCUT2D eigenvalue weighted by Crippen LogP contribution is 2.25. The van der Waals surface area contributed by atoms with Crippen molar-refractivity contribution >= 4 is 29.4 Å². The zero-order valence-corrected chi connectivity index (χ0v) is 15.1. The fraction of sp³-hybridized carbons (Fsp3) is 0.238. The van der Waals surface area contributed by atoms with Crippen molar-refractivity contribution in [1.29, 1.82) is 0 Å². The van der Waals surface area contributed by atoms with Gasteiger partial charge in [0.15, 0.2) is 6.61 Å². The van der Waals surface area contributed by atoms with Gasteiger partial charge in [0, 0.05) is 5.69 Å². The van der Waals surface area contributed by atoms with Crippen LogP contribution in [0.3, 0.4) is 0 Å². The average Bonchev–Trinajstić information content (AvgIpc) is 3.25. The van der Waals surface area contributed by atoms with Gasteiger partial charge in [-0.2, -0.15) is 0 Å². The van der Waals surface area contributed by atoms with E-state index < -0.39 is 36.8 Å². The Labute approximate surface area is 161 Å². The molecule has 2 aliphatic rings. The van der Waals surface area contributed by atoms with Gasteiger partial charge in [0.25, 0.3) is 17.7 Å². The molecule has 142 valence electrons. The SMILES string of the molecule is O=C(COC(=O)CN1C(=O)c2ccccc2C1=O)Nc1ccc2c(c1)CCC2. The molecule has 0 atom stereocenters. The number of hydrogen-bond donors (Lipinski definition) is 1. The maximum Gasteiger partial charge on any atom is 0.326 e. The number of carbonyl (C=O) groups excluding carboxylic acids is 4. The third-order valence-electron chi connectivity index (χ3n) is 4.91. The first-order valence-electron chi connectivity index (χ1n) is 9.05. The minimum Gasteiger partial charge on any atom is -0.454 e. The van der Waals surface area contributed by atoms with Gasteiger partial charge in [0.05, 0.1) is 11.1 Å². The highest BCUT2D eigenvalue weighted by molar-refractivity contribution is 6.22. The summed E-state index contributed by atoms with van der Waals surface area (Å²) in [7, 11) is 0. The molecule has 4 rings (SSSR count). The number of ether oxygens (including phenoxy) is 1. The van der Waals surface area contributed by atoms with Crippen LogP contribution in [0.1, 0.15) is 38.3 Å². The van der Waals surface area contributed by atoms with Crippen LogP contribution in [0.4, 0.5) is 5.69 Å². The van der Waals surface area contributed by atoms with Crippen LogP contribution >= 0.6 is 0 Å². The van der Waals surface area contributed by atoms with Crippen molar-refractivity contribution in [3.8, 4) is 0 Å². The zero-order chi connectivity index (χ0) is 19.7. The van der Waals surface area contributed by atoms with Crippen LogP contribution in [0.2, 0.25) is 0 Å². The van der Waals surface area contributed by atoms with Gasteiger partial charge in [-0.05, 0) is 54.7 Å². The summed E-state index contributed by atoms with van der Waals surface area (Å²) in [5.74, 6) is -2.38. The molecule has 1 heterocycles. The summed E-state index contributed by atoms with van der Waals surface area (Å²) in [5.41, 5.74) is 3.69. The Kier molecular flexibility index (Phi) is 4.65. The molecule has 0 bridgehead atoms. The van der Waals surface area contributed by atoms with Gasteiger partial charge in [-0.25, -0.2) is 0 Å². The normalized spacial score (nSPS) is 14.6. The number of imide groups is 1. The average molecular weight is 378 g/mol. The molecule has 0 unspecified atom stereocenters. The van der Waals surface area contributed by atoms with Crippen molar-refractivity contribution in [2.75, 3.05) is 18.5 Å². The number of nitrogens with one attached hydrogen (secondary N) is 1. The fourth-order valence-corrected chi connectivity index (χ4v) is 3.55. The summed E-state index contributed by atoms with van der Waals surface area (Å²) in [6.45, 7) is -1.02. The second-order valence-electron chi connectivity index (χ2n) is 6.79. The predicted molar refractivity (Wildman–Crippen MR) is 99.9 cm³/mol. The highest BCUT2D eigenvalue weighted by atomic mass is 16.5. The van der Waals surface area contributed by atoms with Crippen LogP contribution in [0.15, 0.2) is 42.5 Å². The number of anilines is 1. The molecule has 7 heteroatoms. The zero-order valence-electron chi connectivity index (χ0n) is 15.1. The lowest BCUT2D eigenvalue weighted by molar-refractivity contribution is -0.147. The molecule has 0 saturated heterocycles. The molecular formula is C21H18N2O5. The Morgan fingerprint density at radius 2 is 1.64 bits per heavy atom. The molecule has 1 aliphatic heterocycles. The fourth-order valence-electron chi connectivity index (χ4n) is 3.55. The van der Waals surface area contributed by atoms with Crippen molar-refractivity contribution in [3.63, 3.8) is 0 Å². The minimum atomic E-state index is -0.821. The number of hydrogen-bond acceptors (Lipinski definition) is 5. The lowest BCUT2D eigenvalue weighted by Crippen LogP contribution is -2.36. The molecule has 28 heavy (non-hydrogen) atoms. The van der Waals surface area contributed by atoms with Gasteiger partial charge in [0.2, 0.25) is 0 Å². The molecule has 0 spiro atoms. The Hall–Kier alpha value is -3.48. The Balaban J connectivity index is 1.30. The van der Waals surface area contributed by atoms with E-state index in [-0.39, 0.29) is 11.1 Å². The van der Waals surface area contributed by atoms with Crippen molar-refractivity contribution in [2.24, 2.45) is 0 Å². The topological polar surface area (TPSA) is 92.8 Å². The van der Waals surface area contributed by atoms with Gasteiger partial charge in [-0.3, -0.25) is 24.1 Å². The monoisotopic (exact) mass is 378 g/mol. The maximum atomic E-state index is 12.2. The van der Waals surface area contributed by atoms with Gasteiger partial charge in [0.1, 0.15) is 6.54 Å². The van der Waals surface area contributed by atoms with E-state index in [0.29, 0.717) is 5.69 Å². The molecule has 7 nitrogen and oxygen atoms in total. The summed E-state index contributed by atoms with van der Waals surface area (Å²) in [6.07, 6.45) is 3.16. The van der Waals surface area contributed by atoms with Gasteiger partial charge in [-0.15, -0.1) is 0 Å². The lowest BCUT2D eigenvalue weighted by Gasteiger charge is -2.13. The summed E-state index contributed by atoms with van der Waals surface area (Å²) in [5, 5.41) is 2.69. The first-order chi connectivity index (χ1) is 13.5. The van der Waals surface area contributed by atoms with Crippen molar-refractivity contribution in [1.82, 2.24) is 4.90 Å². The minimum absolute atomic E-state index is 0.259. The molecule has 2 aromatic rings. The number of carbonyl (C=O) groups is 4. The first-order valence-corrected chi connectivity index (χ1v) is 9.05. The number of esters is 1. The molecule has 2 aromatic carbocycles. The molecule has 3 amide bonds. The molecule has 1 aliphatic carbocycles. The molecule has 0 fully saturated rings. The largest absolute Gasteiger partial charge is 0.454 e. The molecule has 0 radical (unpaired) electrons. The number of nitrogens with zero attached hydrogens (tertiary/aromatic N) is 1. The molecule has 1 N–H and O–H groups in total. The third kappa shape index (κ3) is 3.38. The maximum absolute atomic E-state index is 12.2. The lowest BCUT2D eigenvalue weighted by atomic mass is 10.1. The van der Waals surface area contributed by atoms with Crippen molar-refractivity contribution in [2.45, 2.75) is 19.3 Å². The Morgan fingerprint density at radius 3 is 2.36 bits per heavy atom. The molecular weight excluding hydrogens is 360 g/mol. The summed E-state index contributed by atoms with van der Waals surface area (Å²) in [6, 6.07) is 12.1. The van der Waals surface area contributed by atoms with E-state index in [1.165, 1.54) is 23.3 Å². The van der Waals surface area contributed by atoms with Crippen molar-refractivity contribution < 1.29 is 23.9 Å². The smallest absolute Gasteiger partial charge is 0.326 e. The van der Waals surface area contributed by atoms with Crippen LogP contribution in [-0.4, -0.2) is 41.7 Å². The van der Waals surface area contributed by atoms with Gasteiger partial charge < -0.3 is 10.1 Å². The quantitative estimate of drug-likeness (QED) is 0.634. The van der Waals surface area contributed by atoms with E-state index in [1.807, 2.05) is 18.2 Å². The van der Waals surface area contributed by atoms with E-state index >= 15 is 0 Å². The van der Waals surface area contributed by atoms with Crippen LogP contribution in [0.25, 0.3) is 0 Å². The molecule has 0 aromatic heterocycles. The summed E-state index contributed by atoms with van der Waals surface area (Å²) >= 11 is 0. The number of benzene rings is 2. The van der Waals surface area contributed by atoms with Gasteiger partial charge in [-0.1, -0.05) is 18.2 Å². The number of aryl methyl sites for hydroxylation is 2. The standard InChI is InChI=1S/C21H18N2O5/c24-18(22-15-9-8-13-4-3-5-14(13)10-15)12-28-19(25)11-23-20(26)16-6-1-2-7-17(16)21(23)27/h1-2,6-10H,3-5,11-12H2,(H,22,24). The second kappa shape index (κ2) is 7.26. The second-order valence-corrected chi connectivity index (χ2v) is 6.79. The van der Waals surface area contributed by atoms with Crippen molar-refractivity contribution in [3.05, 3.63) is 64.7 Å². The van der Waals surface area contributed by atoms with E-state index in [1.54, 1.807) is 12.1 Å². The number of fused-ring (bicyclic) bond motifs is 2. The number of amides is 3. The summed E-state index contributed by atoms with van der Waals surface area (Å²) < 4.78 is 4.93. The van der Waals surface area contributed by atoms with E-state index in [9.17, 15) is 19.2 Å². The van der Waals surface area contributed by atoms with Crippen LogP contribution in [-0.2, 0) is 27.2 Å². The van der Waals surface area contributed by atoms with Crippen LogP contribution < -0.4 is 5.32 Å². The van der Waals surface area contributed by atoms with Crippen LogP contribution in [0, 0.1) is 0 Å². The van der Waals surface area contributed by atoms with E-state index in [0.717, 1.165) is 24.2 Å². The Bertz CT molecular complexity index is 963.